The van der Waals surface area contributed by atoms with E-state index in [0.29, 0.717) is 6.82 Å². The van der Waals surface area contributed by atoms with Crippen molar-refractivity contribution in [2.24, 2.45) is 0 Å². The molecule has 0 saturated heterocycles. The highest BCUT2D eigenvalue weighted by molar-refractivity contribution is 7.01. The van der Waals surface area contributed by atoms with E-state index in [4.69, 9.17) is 0 Å². The summed E-state index contributed by atoms with van der Waals surface area (Å²) < 4.78 is 199. The number of rotatable bonds is 5. The first kappa shape index (κ1) is 31.9. The van der Waals surface area contributed by atoms with Gasteiger partial charge in [-0.25, -0.2) is 65.9 Å². The van der Waals surface area contributed by atoms with Crippen LogP contribution in [0.5, 0.6) is 0 Å². The highest BCUT2D eigenvalue weighted by atomic mass is 19.2. The van der Waals surface area contributed by atoms with E-state index >= 15 is 0 Å². The van der Waals surface area contributed by atoms with Crippen LogP contribution in [-0.2, 0) is 0 Å². The second-order valence-corrected chi connectivity index (χ2v) is 8.43. The molecule has 39 heavy (non-hydrogen) atoms. The molecule has 3 rings (SSSR count). The molecule has 0 radical (unpaired) electrons. The molecule has 0 spiro atoms. The van der Waals surface area contributed by atoms with Crippen molar-refractivity contribution < 1.29 is 65.9 Å². The Bertz CT molecular complexity index is 1270. The van der Waals surface area contributed by atoms with Crippen molar-refractivity contribution in [3.63, 3.8) is 0 Å². The molecular formula is C23H13BF15-. The Labute approximate surface area is 210 Å². The maximum atomic E-state index is 14.3. The summed E-state index contributed by atoms with van der Waals surface area (Å²) in [7, 11) is 0. The molecule has 0 nitrogen and oxygen atoms in total. The maximum Gasteiger partial charge on any atom is 0.200 e. The van der Waals surface area contributed by atoms with Crippen LogP contribution in [0.1, 0.15) is 19.8 Å². The van der Waals surface area contributed by atoms with Crippen LogP contribution in [0.3, 0.4) is 0 Å². The van der Waals surface area contributed by atoms with Gasteiger partial charge >= 0.3 is 0 Å². The maximum absolute atomic E-state index is 14.3. The first-order valence-electron chi connectivity index (χ1n) is 10.7. The highest BCUT2D eigenvalue weighted by Gasteiger charge is 2.39. The van der Waals surface area contributed by atoms with Gasteiger partial charge in [0.25, 0.3) is 0 Å². The third-order valence-corrected chi connectivity index (χ3v) is 5.96. The summed E-state index contributed by atoms with van der Waals surface area (Å²) in [6.07, 6.45) is -4.04. The molecule has 0 saturated carbocycles. The van der Waals surface area contributed by atoms with Gasteiger partial charge in [-0.1, -0.05) is 19.8 Å². The van der Waals surface area contributed by atoms with Crippen molar-refractivity contribution in [1.82, 2.24) is 0 Å². The van der Waals surface area contributed by atoms with Gasteiger partial charge in [0.05, 0.1) is 6.15 Å². The Morgan fingerprint density at radius 3 is 0.974 bits per heavy atom. The van der Waals surface area contributed by atoms with E-state index in [0.717, 1.165) is 0 Å². The quantitative estimate of drug-likeness (QED) is 0.126. The second kappa shape index (κ2) is 11.8. The van der Waals surface area contributed by atoms with E-state index in [-0.39, 0.29) is 18.9 Å². The van der Waals surface area contributed by atoms with Gasteiger partial charge in [0.15, 0.2) is 58.2 Å². The van der Waals surface area contributed by atoms with Crippen molar-refractivity contribution in [2.45, 2.75) is 32.9 Å². The van der Waals surface area contributed by atoms with E-state index in [1.165, 1.54) is 6.92 Å². The summed E-state index contributed by atoms with van der Waals surface area (Å²) in [5.41, 5.74) is -3.24. The van der Waals surface area contributed by atoms with Crippen molar-refractivity contribution >= 4 is 17.1 Å². The third-order valence-electron chi connectivity index (χ3n) is 5.96. The Morgan fingerprint density at radius 2 is 0.692 bits per heavy atom. The Kier molecular flexibility index (Phi) is 9.67. The fraction of sp³-hybridized carbons (Fsp3) is 0.217. The van der Waals surface area contributed by atoms with E-state index < -0.39 is 111 Å². The molecule has 0 aliphatic carbocycles. The van der Waals surface area contributed by atoms with E-state index in [2.05, 4.69) is 0 Å². The molecule has 0 fully saturated rings. The average molecular weight is 585 g/mol. The fourth-order valence-electron chi connectivity index (χ4n) is 3.95. The molecule has 0 N–H and O–H groups in total. The summed E-state index contributed by atoms with van der Waals surface area (Å²) in [6, 6.07) is -0.0618. The lowest BCUT2D eigenvalue weighted by molar-refractivity contribution is 0.378. The molecule has 214 valence electrons. The topological polar surface area (TPSA) is 0 Å². The first-order chi connectivity index (χ1) is 17.9. The fourth-order valence-corrected chi connectivity index (χ4v) is 3.95. The van der Waals surface area contributed by atoms with Crippen LogP contribution >= 0.6 is 0 Å². The molecule has 3 aromatic rings. The molecule has 0 heterocycles. The van der Waals surface area contributed by atoms with Gasteiger partial charge in [-0.05, 0) is 0 Å². The minimum atomic E-state index is -3.61. The molecule has 16 heteroatoms. The van der Waals surface area contributed by atoms with Crippen molar-refractivity contribution in [3.8, 4) is 0 Å². The number of hydrogen-bond acceptors (Lipinski definition) is 0. The molecule has 3 aromatic carbocycles. The predicted molar refractivity (Wildman–Crippen MR) is 109 cm³/mol. The lowest BCUT2D eigenvalue weighted by atomic mass is 9.18. The smallest absolute Gasteiger partial charge is 0.200 e. The zero-order valence-corrected chi connectivity index (χ0v) is 19.4. The van der Waals surface area contributed by atoms with Gasteiger partial charge < -0.3 is 0 Å². The number of hydrogen-bond donors (Lipinski definition) is 0. The number of benzene rings is 3. The van der Waals surface area contributed by atoms with E-state index in [1.54, 1.807) is 0 Å². The van der Waals surface area contributed by atoms with Crippen LogP contribution in [0.2, 0.25) is 13.1 Å². The molecule has 0 aliphatic rings. The summed E-state index contributed by atoms with van der Waals surface area (Å²) >= 11 is 0. The average Bonchev–Trinajstić information content (AvgIpc) is 2.90. The van der Waals surface area contributed by atoms with Crippen LogP contribution in [-0.4, -0.2) is 6.15 Å². The molecule has 0 aliphatic heterocycles. The van der Waals surface area contributed by atoms with Crippen molar-refractivity contribution in [3.05, 3.63) is 93.3 Å². The Balaban J connectivity index is 0.000000404. The first-order valence-corrected chi connectivity index (χ1v) is 10.7. The van der Waals surface area contributed by atoms with E-state index in [1.807, 2.05) is 0 Å². The zero-order chi connectivity index (χ0) is 30.1. The monoisotopic (exact) mass is 585 g/mol. The summed E-state index contributed by atoms with van der Waals surface area (Å²) in [4.78, 5) is 0. The number of unbranched alkanes of at least 4 members (excludes halogenated alkanes) is 1. The molecule has 0 amide bonds. The van der Waals surface area contributed by atoms with Crippen molar-refractivity contribution in [2.75, 3.05) is 0 Å². The van der Waals surface area contributed by atoms with Crippen LogP contribution in [0.4, 0.5) is 65.9 Å². The lowest BCUT2D eigenvalue weighted by Crippen LogP contribution is -2.61. The molecular weight excluding hydrogens is 572 g/mol. The highest BCUT2D eigenvalue weighted by Crippen LogP contribution is 2.27. The minimum absolute atomic E-state index is 0.0600. The summed E-state index contributed by atoms with van der Waals surface area (Å²) in [5.74, 6) is -33.8. The number of halogens is 15. The third kappa shape index (κ3) is 5.55. The normalized spacial score (nSPS) is 11.5. The lowest BCUT2D eigenvalue weighted by Gasteiger charge is -2.39. The van der Waals surface area contributed by atoms with Gasteiger partial charge in [0.2, 0.25) is 5.82 Å². The SMILES string of the molecule is CCCC[B-](C)(c1c(F)c(F)c(F)c(F)c1F)c1c(F)c(F)c(F)c(F)c1F.Fc1cc(F)c(F)c(F)c1F. The summed E-state index contributed by atoms with van der Waals surface area (Å²) in [6.45, 7) is 2.25. The standard InChI is InChI=1S/C17H12BF10.C6HF5/c1-3-4-5-18(2,6-8(19)12(23)16(27)13(24)9(6)20)7-10(21)14(25)17(28)15(26)11(7)22;7-2-1-3(8)5(10)6(11)4(2)9/h3-5H2,1-2H3;1H/q-1;. The van der Waals surface area contributed by atoms with Gasteiger partial charge in [-0.15, -0.1) is 10.9 Å². The molecule has 0 atom stereocenters. The van der Waals surface area contributed by atoms with Crippen molar-refractivity contribution in [1.29, 1.82) is 0 Å². The van der Waals surface area contributed by atoms with Gasteiger partial charge in [0, 0.05) is 6.07 Å². The predicted octanol–water partition coefficient (Wildman–Crippen LogP) is 7.45. The molecule has 0 bridgehead atoms. The molecule has 0 unspecified atom stereocenters. The largest absolute Gasteiger partial charge is 0.207 e. The Morgan fingerprint density at radius 1 is 0.436 bits per heavy atom. The van der Waals surface area contributed by atoms with Crippen LogP contribution < -0.4 is 10.9 Å². The van der Waals surface area contributed by atoms with Gasteiger partial charge in [-0.2, -0.15) is 13.1 Å². The van der Waals surface area contributed by atoms with Gasteiger partial charge in [0.1, 0.15) is 23.3 Å². The summed E-state index contributed by atoms with van der Waals surface area (Å²) in [5, 5.41) is 0. The second-order valence-electron chi connectivity index (χ2n) is 8.43. The minimum Gasteiger partial charge on any atom is -0.207 e. The van der Waals surface area contributed by atoms with Gasteiger partial charge in [-0.3, -0.25) is 0 Å². The van der Waals surface area contributed by atoms with Crippen LogP contribution in [0.25, 0.3) is 0 Å². The Hall–Kier alpha value is -3.33. The van der Waals surface area contributed by atoms with Crippen LogP contribution in [0.15, 0.2) is 6.07 Å². The van der Waals surface area contributed by atoms with E-state index in [9.17, 15) is 65.9 Å². The molecule has 0 aromatic heterocycles. The zero-order valence-electron chi connectivity index (χ0n) is 19.4. The van der Waals surface area contributed by atoms with Crippen LogP contribution in [0, 0.1) is 87.3 Å².